The smallest absolute Gasteiger partial charge is 0.0470 e. The van der Waals surface area contributed by atoms with Gasteiger partial charge in [0, 0.05) is 6.04 Å². The molecule has 0 radical (unpaired) electrons. The fourth-order valence-corrected chi connectivity index (χ4v) is 3.34. The largest absolute Gasteiger partial charge is 0.271 e. The number of hydrazine groups is 1. The molecule has 0 spiro atoms. The van der Waals surface area contributed by atoms with E-state index in [1.54, 1.807) is 0 Å². The number of nitrogens with two attached hydrogens (primary N) is 1. The molecule has 2 heteroatoms. The molecule has 0 amide bonds. The molecule has 1 rings (SSSR count). The van der Waals surface area contributed by atoms with Gasteiger partial charge in [-0.3, -0.25) is 11.3 Å². The van der Waals surface area contributed by atoms with Gasteiger partial charge in [0.25, 0.3) is 0 Å². The predicted molar refractivity (Wildman–Crippen MR) is 66.3 cm³/mol. The molecule has 15 heavy (non-hydrogen) atoms. The monoisotopic (exact) mass is 210 g/mol. The molecule has 0 aromatic rings. The van der Waals surface area contributed by atoms with Gasteiger partial charge in [-0.15, -0.1) is 0 Å². The third-order valence-corrected chi connectivity index (χ3v) is 3.69. The summed E-state index contributed by atoms with van der Waals surface area (Å²) in [5.74, 6) is 6.44. The predicted octanol–water partition coefficient (Wildman–Crippen LogP) is 3.00. The molecule has 0 aromatic heterocycles. The van der Waals surface area contributed by atoms with E-state index in [1.165, 1.54) is 37.7 Å². The van der Waals surface area contributed by atoms with E-state index in [2.05, 4.69) is 32.8 Å². The van der Waals surface area contributed by atoms with E-state index in [1.807, 2.05) is 0 Å². The van der Waals surface area contributed by atoms with Gasteiger partial charge < -0.3 is 0 Å². The number of hydrogen-bond acceptors (Lipinski definition) is 2. The van der Waals surface area contributed by atoms with Crippen molar-refractivity contribution < 1.29 is 0 Å². The van der Waals surface area contributed by atoms with Crippen molar-refractivity contribution in [2.75, 3.05) is 0 Å². The van der Waals surface area contributed by atoms with Gasteiger partial charge >= 0.3 is 0 Å². The summed E-state index contributed by atoms with van der Waals surface area (Å²) in [7, 11) is 0. The highest BCUT2D eigenvalue weighted by atomic mass is 15.2. The van der Waals surface area contributed by atoms with Gasteiger partial charge in [0.2, 0.25) is 0 Å². The highest BCUT2D eigenvalue weighted by molar-refractivity contribution is 5.11. The van der Waals surface area contributed by atoms with Crippen molar-refractivity contribution in [3.8, 4) is 0 Å². The van der Waals surface area contributed by atoms with E-state index in [0.29, 0.717) is 11.5 Å². The zero-order valence-corrected chi connectivity index (χ0v) is 10.5. The topological polar surface area (TPSA) is 38.0 Å². The quantitative estimate of drug-likeness (QED) is 0.416. The molecule has 0 aromatic carbocycles. The van der Waals surface area contributed by atoms with Gasteiger partial charge in [-0.25, -0.2) is 0 Å². The summed E-state index contributed by atoms with van der Waals surface area (Å²) in [5, 5.41) is 0. The third kappa shape index (κ3) is 2.82. The fourth-order valence-electron chi connectivity index (χ4n) is 3.34. The molecule has 1 fully saturated rings. The Hall–Kier alpha value is -0.340. The van der Waals surface area contributed by atoms with Crippen LogP contribution in [0.1, 0.15) is 52.9 Å². The summed E-state index contributed by atoms with van der Waals surface area (Å²) in [6, 6.07) is 0.294. The molecular formula is C13H26N2. The zero-order valence-electron chi connectivity index (χ0n) is 10.5. The van der Waals surface area contributed by atoms with Gasteiger partial charge in [-0.1, -0.05) is 38.8 Å². The van der Waals surface area contributed by atoms with Gasteiger partial charge in [0.15, 0.2) is 0 Å². The van der Waals surface area contributed by atoms with E-state index in [4.69, 9.17) is 5.84 Å². The second-order valence-corrected chi connectivity index (χ2v) is 5.61. The molecule has 2 nitrogen and oxygen atoms in total. The Labute approximate surface area is 94.3 Å². The Morgan fingerprint density at radius 2 is 1.93 bits per heavy atom. The van der Waals surface area contributed by atoms with Gasteiger partial charge in [-0.2, -0.15) is 0 Å². The van der Waals surface area contributed by atoms with Crippen LogP contribution in [0.2, 0.25) is 0 Å². The van der Waals surface area contributed by atoms with E-state index in [0.717, 1.165) is 5.92 Å². The number of hydrogen-bond donors (Lipinski definition) is 2. The highest BCUT2D eigenvalue weighted by Crippen LogP contribution is 2.47. The molecule has 1 unspecified atom stereocenters. The normalized spacial score (nSPS) is 21.9. The lowest BCUT2D eigenvalue weighted by atomic mass is 9.71. The first kappa shape index (κ1) is 12.7. The third-order valence-electron chi connectivity index (χ3n) is 3.69. The SMILES string of the molecule is C=C(C)C(NN)C1(CC(C)C)CCCC1. The van der Waals surface area contributed by atoms with E-state index < -0.39 is 0 Å². The number of nitrogens with one attached hydrogen (secondary N) is 1. The Morgan fingerprint density at radius 3 is 2.27 bits per heavy atom. The lowest BCUT2D eigenvalue weighted by molar-refractivity contribution is 0.177. The summed E-state index contributed by atoms with van der Waals surface area (Å²) in [6.45, 7) is 10.8. The Morgan fingerprint density at radius 1 is 1.40 bits per heavy atom. The van der Waals surface area contributed by atoms with Crippen LogP contribution in [0.3, 0.4) is 0 Å². The molecule has 1 aliphatic rings. The van der Waals surface area contributed by atoms with Crippen molar-refractivity contribution in [2.24, 2.45) is 17.2 Å². The van der Waals surface area contributed by atoms with Crippen LogP contribution in [0.15, 0.2) is 12.2 Å². The molecule has 88 valence electrons. The molecule has 1 saturated carbocycles. The van der Waals surface area contributed by atoms with Crippen molar-refractivity contribution in [1.29, 1.82) is 0 Å². The Bertz CT molecular complexity index is 215. The first-order valence-electron chi connectivity index (χ1n) is 6.13. The molecule has 1 aliphatic carbocycles. The minimum Gasteiger partial charge on any atom is -0.271 e. The van der Waals surface area contributed by atoms with E-state index >= 15 is 0 Å². The van der Waals surface area contributed by atoms with Gasteiger partial charge in [0.05, 0.1) is 0 Å². The van der Waals surface area contributed by atoms with Crippen molar-refractivity contribution >= 4 is 0 Å². The highest BCUT2D eigenvalue weighted by Gasteiger charge is 2.41. The van der Waals surface area contributed by atoms with E-state index in [9.17, 15) is 0 Å². The van der Waals surface area contributed by atoms with Crippen LogP contribution >= 0.6 is 0 Å². The first-order valence-corrected chi connectivity index (χ1v) is 6.13. The lowest BCUT2D eigenvalue weighted by Crippen LogP contribution is -2.48. The lowest BCUT2D eigenvalue weighted by Gasteiger charge is -2.39. The molecule has 0 bridgehead atoms. The van der Waals surface area contributed by atoms with Gasteiger partial charge in [-0.05, 0) is 37.5 Å². The maximum absolute atomic E-state index is 5.70. The van der Waals surface area contributed by atoms with Crippen LogP contribution in [0.4, 0.5) is 0 Å². The van der Waals surface area contributed by atoms with Crippen LogP contribution in [-0.2, 0) is 0 Å². The Balaban J connectivity index is 2.83. The Kier molecular flexibility index (Phi) is 4.35. The summed E-state index contributed by atoms with van der Waals surface area (Å²) < 4.78 is 0. The molecular weight excluding hydrogens is 184 g/mol. The van der Waals surface area contributed by atoms with Crippen LogP contribution in [0, 0.1) is 11.3 Å². The van der Waals surface area contributed by atoms with Crippen LogP contribution in [-0.4, -0.2) is 6.04 Å². The van der Waals surface area contributed by atoms with E-state index in [-0.39, 0.29) is 0 Å². The summed E-state index contributed by atoms with van der Waals surface area (Å²) in [5.41, 5.74) is 4.54. The van der Waals surface area contributed by atoms with Crippen molar-refractivity contribution in [3.63, 3.8) is 0 Å². The zero-order chi connectivity index (χ0) is 11.5. The van der Waals surface area contributed by atoms with Crippen molar-refractivity contribution in [2.45, 2.75) is 58.9 Å². The minimum atomic E-state index is 0.294. The average Bonchev–Trinajstić information content (AvgIpc) is 2.52. The minimum absolute atomic E-state index is 0.294. The maximum Gasteiger partial charge on any atom is 0.0470 e. The molecule has 0 aliphatic heterocycles. The van der Waals surface area contributed by atoms with Crippen LogP contribution in [0.25, 0.3) is 0 Å². The maximum atomic E-state index is 5.70. The van der Waals surface area contributed by atoms with Crippen LogP contribution < -0.4 is 11.3 Å². The first-order chi connectivity index (χ1) is 7.02. The molecule has 0 heterocycles. The standard InChI is InChI=1S/C13H26N2/c1-10(2)9-13(7-5-6-8-13)12(15-14)11(3)4/h10,12,15H,3,5-9,14H2,1-2,4H3. The van der Waals surface area contributed by atoms with Crippen molar-refractivity contribution in [1.82, 2.24) is 5.43 Å². The summed E-state index contributed by atoms with van der Waals surface area (Å²) in [6.07, 6.45) is 6.55. The van der Waals surface area contributed by atoms with Gasteiger partial charge in [0.1, 0.15) is 0 Å². The molecule has 1 atom stereocenters. The van der Waals surface area contributed by atoms with Crippen LogP contribution in [0.5, 0.6) is 0 Å². The average molecular weight is 210 g/mol. The number of rotatable bonds is 5. The molecule has 3 N–H and O–H groups in total. The fraction of sp³-hybridized carbons (Fsp3) is 0.846. The second-order valence-electron chi connectivity index (χ2n) is 5.61. The summed E-state index contributed by atoms with van der Waals surface area (Å²) in [4.78, 5) is 0. The van der Waals surface area contributed by atoms with Crippen molar-refractivity contribution in [3.05, 3.63) is 12.2 Å². The summed E-state index contributed by atoms with van der Waals surface area (Å²) >= 11 is 0. The molecule has 0 saturated heterocycles. The second kappa shape index (κ2) is 5.13.